The summed E-state index contributed by atoms with van der Waals surface area (Å²) < 4.78 is 60.7. The number of rotatable bonds is 7. The SMILES string of the molecule is CCn1c(C(=O)O)nn(-c2cc(O[C@@H](C)C(F)(F)F)c(C(=O)Nc3c(Cl)cccc3Cl)cc2F)c1=O. The lowest BCUT2D eigenvalue weighted by atomic mass is 10.1. The zero-order valence-corrected chi connectivity index (χ0v) is 19.9. The summed E-state index contributed by atoms with van der Waals surface area (Å²) in [5.74, 6) is -5.51. The van der Waals surface area contributed by atoms with Gasteiger partial charge in [0.2, 0.25) is 5.82 Å². The predicted octanol–water partition coefficient (Wildman–Crippen LogP) is 4.78. The van der Waals surface area contributed by atoms with Crippen LogP contribution in [0.4, 0.5) is 23.2 Å². The van der Waals surface area contributed by atoms with Crippen LogP contribution in [0.25, 0.3) is 5.69 Å². The third kappa shape index (κ3) is 5.31. The molecule has 0 aliphatic carbocycles. The van der Waals surface area contributed by atoms with Crippen LogP contribution in [0.15, 0.2) is 35.1 Å². The Morgan fingerprint density at radius 3 is 2.33 bits per heavy atom. The molecule has 0 saturated carbocycles. The molecule has 0 bridgehead atoms. The second-order valence-electron chi connectivity index (χ2n) is 7.22. The van der Waals surface area contributed by atoms with Gasteiger partial charge in [-0.1, -0.05) is 29.3 Å². The largest absolute Gasteiger partial charge is 0.480 e. The van der Waals surface area contributed by atoms with E-state index >= 15 is 4.39 Å². The normalized spacial score (nSPS) is 12.3. The number of carboxylic acids is 1. The van der Waals surface area contributed by atoms with Crippen molar-refractivity contribution in [3.05, 3.63) is 68.1 Å². The number of anilines is 1. The number of nitrogens with one attached hydrogen (secondary N) is 1. The summed E-state index contributed by atoms with van der Waals surface area (Å²) in [6.07, 6.45) is -7.32. The molecule has 0 aliphatic rings. The highest BCUT2D eigenvalue weighted by Gasteiger charge is 2.39. The Kier molecular flexibility index (Phi) is 7.65. The number of halogens is 6. The number of hydrogen-bond acceptors (Lipinski definition) is 5. The smallest absolute Gasteiger partial charge is 0.425 e. The molecule has 0 saturated heterocycles. The molecule has 36 heavy (non-hydrogen) atoms. The van der Waals surface area contributed by atoms with Gasteiger partial charge in [0.15, 0.2) is 6.10 Å². The van der Waals surface area contributed by atoms with Crippen LogP contribution in [0.3, 0.4) is 0 Å². The fraction of sp³-hybridized carbons (Fsp3) is 0.238. The van der Waals surface area contributed by atoms with E-state index in [0.29, 0.717) is 28.3 Å². The molecule has 1 heterocycles. The number of para-hydroxylation sites is 1. The minimum absolute atomic E-state index is 0.00284. The van der Waals surface area contributed by atoms with Gasteiger partial charge in [0, 0.05) is 12.6 Å². The van der Waals surface area contributed by atoms with Gasteiger partial charge in [0.05, 0.1) is 21.3 Å². The van der Waals surface area contributed by atoms with Crippen LogP contribution in [0, 0.1) is 5.82 Å². The number of carboxylic acid groups (broad SMARTS) is 1. The average Bonchev–Trinajstić information content (AvgIpc) is 3.12. The van der Waals surface area contributed by atoms with Crippen LogP contribution >= 0.6 is 23.2 Å². The lowest BCUT2D eigenvalue weighted by Crippen LogP contribution is -2.32. The fourth-order valence-electron chi connectivity index (χ4n) is 3.03. The Morgan fingerprint density at radius 2 is 1.83 bits per heavy atom. The second-order valence-corrected chi connectivity index (χ2v) is 8.03. The minimum atomic E-state index is -4.87. The Morgan fingerprint density at radius 1 is 1.22 bits per heavy atom. The summed E-state index contributed by atoms with van der Waals surface area (Å²) in [4.78, 5) is 36.9. The van der Waals surface area contributed by atoms with Gasteiger partial charge in [0.1, 0.15) is 17.3 Å². The van der Waals surface area contributed by atoms with Gasteiger partial charge in [-0.05, 0) is 32.0 Å². The molecule has 1 amide bonds. The number of alkyl halides is 3. The number of ether oxygens (including phenoxy) is 1. The molecule has 3 rings (SSSR count). The molecule has 2 N–H and O–H groups in total. The van der Waals surface area contributed by atoms with Crippen LogP contribution in [0.2, 0.25) is 10.0 Å². The fourth-order valence-corrected chi connectivity index (χ4v) is 3.52. The van der Waals surface area contributed by atoms with E-state index in [1.54, 1.807) is 0 Å². The Hall–Kier alpha value is -3.58. The summed E-state index contributed by atoms with van der Waals surface area (Å²) >= 11 is 12.0. The maximum absolute atomic E-state index is 15.1. The molecule has 2 aromatic carbocycles. The molecule has 192 valence electrons. The first-order valence-corrected chi connectivity index (χ1v) is 10.8. The van der Waals surface area contributed by atoms with Gasteiger partial charge >= 0.3 is 17.8 Å². The van der Waals surface area contributed by atoms with Crippen molar-refractivity contribution in [2.45, 2.75) is 32.7 Å². The van der Waals surface area contributed by atoms with E-state index in [2.05, 4.69) is 10.4 Å². The number of benzene rings is 2. The number of carbonyl (C=O) groups is 2. The zero-order chi connectivity index (χ0) is 26.9. The van der Waals surface area contributed by atoms with Crippen molar-refractivity contribution in [3.8, 4) is 11.4 Å². The standard InChI is InChI=1S/C21H16Cl2F4N4O5/c1-3-30-17(19(33)34)29-31(20(30)35)14-8-15(36-9(2)21(25,26)27)10(7-13(14)24)18(32)28-16-11(22)5-4-6-12(16)23/h4-9H,3H2,1-2H3,(H,28,32)(H,33,34)/t9-/m0/s1. The molecule has 9 nitrogen and oxygen atoms in total. The second kappa shape index (κ2) is 10.2. The number of aromatic carboxylic acids is 1. The molecule has 15 heteroatoms. The molecule has 1 aromatic heterocycles. The van der Waals surface area contributed by atoms with Crippen molar-refractivity contribution < 1.29 is 37.0 Å². The maximum atomic E-state index is 15.1. The summed E-state index contributed by atoms with van der Waals surface area (Å²) in [5.41, 5.74) is -2.60. The first-order chi connectivity index (χ1) is 16.8. The molecule has 0 fully saturated rings. The number of hydrogen-bond donors (Lipinski definition) is 2. The number of nitrogens with zero attached hydrogens (tertiary/aromatic N) is 3. The van der Waals surface area contributed by atoms with Crippen LogP contribution in [0.5, 0.6) is 5.75 Å². The van der Waals surface area contributed by atoms with Crippen LogP contribution < -0.4 is 15.7 Å². The molecule has 0 aliphatic heterocycles. The zero-order valence-electron chi connectivity index (χ0n) is 18.4. The molecule has 0 radical (unpaired) electrons. The number of carbonyl (C=O) groups excluding carboxylic acids is 1. The predicted molar refractivity (Wildman–Crippen MR) is 121 cm³/mol. The van der Waals surface area contributed by atoms with E-state index in [-0.39, 0.29) is 22.3 Å². The van der Waals surface area contributed by atoms with E-state index in [4.69, 9.17) is 27.9 Å². The Balaban J connectivity index is 2.18. The lowest BCUT2D eigenvalue weighted by Gasteiger charge is -2.20. The third-order valence-electron chi connectivity index (χ3n) is 4.86. The monoisotopic (exact) mass is 550 g/mol. The summed E-state index contributed by atoms with van der Waals surface area (Å²) in [5, 5.41) is 15.1. The number of amides is 1. The van der Waals surface area contributed by atoms with Crippen LogP contribution in [-0.2, 0) is 6.54 Å². The van der Waals surface area contributed by atoms with E-state index in [1.165, 1.54) is 25.1 Å². The van der Waals surface area contributed by atoms with Crippen molar-refractivity contribution >= 4 is 40.8 Å². The highest BCUT2D eigenvalue weighted by atomic mass is 35.5. The van der Waals surface area contributed by atoms with Gasteiger partial charge in [-0.15, -0.1) is 5.10 Å². The molecule has 3 aromatic rings. The quantitative estimate of drug-likeness (QED) is 0.409. The van der Waals surface area contributed by atoms with E-state index in [1.807, 2.05) is 0 Å². The molecule has 0 unspecified atom stereocenters. The summed E-state index contributed by atoms with van der Waals surface area (Å²) in [6, 6.07) is 5.40. The van der Waals surface area contributed by atoms with Gasteiger partial charge < -0.3 is 15.2 Å². The first kappa shape index (κ1) is 27.0. The van der Waals surface area contributed by atoms with E-state index in [9.17, 15) is 32.7 Å². The van der Waals surface area contributed by atoms with Gasteiger partial charge in [-0.2, -0.15) is 17.9 Å². The summed E-state index contributed by atoms with van der Waals surface area (Å²) in [7, 11) is 0. The maximum Gasteiger partial charge on any atom is 0.425 e. The van der Waals surface area contributed by atoms with Crippen molar-refractivity contribution in [3.63, 3.8) is 0 Å². The van der Waals surface area contributed by atoms with E-state index < -0.39 is 58.5 Å². The highest BCUT2D eigenvalue weighted by molar-refractivity contribution is 6.40. The summed E-state index contributed by atoms with van der Waals surface area (Å²) in [6.45, 7) is 1.94. The van der Waals surface area contributed by atoms with Gasteiger partial charge in [-0.3, -0.25) is 9.36 Å². The Bertz CT molecular complexity index is 1380. The van der Waals surface area contributed by atoms with E-state index in [0.717, 1.165) is 0 Å². The highest BCUT2D eigenvalue weighted by Crippen LogP contribution is 2.33. The third-order valence-corrected chi connectivity index (χ3v) is 5.49. The van der Waals surface area contributed by atoms with Gasteiger partial charge in [0.25, 0.3) is 5.91 Å². The Labute approximate surface area is 209 Å². The van der Waals surface area contributed by atoms with Crippen LogP contribution in [-0.4, -0.2) is 43.6 Å². The molecule has 0 spiro atoms. The van der Waals surface area contributed by atoms with Crippen molar-refractivity contribution in [2.24, 2.45) is 0 Å². The number of aromatic nitrogens is 3. The average molecular weight is 551 g/mol. The van der Waals surface area contributed by atoms with Crippen LogP contribution in [0.1, 0.15) is 34.8 Å². The van der Waals surface area contributed by atoms with Crippen molar-refractivity contribution in [1.29, 1.82) is 0 Å². The lowest BCUT2D eigenvalue weighted by molar-refractivity contribution is -0.189. The molecular formula is C21H16Cl2F4N4O5. The first-order valence-electron chi connectivity index (χ1n) is 10.0. The van der Waals surface area contributed by atoms with Gasteiger partial charge in [-0.25, -0.2) is 14.0 Å². The minimum Gasteiger partial charge on any atom is -0.480 e. The van der Waals surface area contributed by atoms with Crippen molar-refractivity contribution in [2.75, 3.05) is 5.32 Å². The van der Waals surface area contributed by atoms with Crippen molar-refractivity contribution in [1.82, 2.24) is 14.3 Å². The topological polar surface area (TPSA) is 115 Å². The molecule has 1 atom stereocenters. The molecular weight excluding hydrogens is 535 g/mol.